The Morgan fingerprint density at radius 3 is 1.80 bits per heavy atom. The summed E-state index contributed by atoms with van der Waals surface area (Å²) in [7, 11) is -3.13. The second-order valence-electron chi connectivity index (χ2n) is 2.22. The average Bonchev–Trinajstić information content (AvgIpc) is 2.17. The summed E-state index contributed by atoms with van der Waals surface area (Å²) in [6, 6.07) is 7.20. The van der Waals surface area contributed by atoms with Gasteiger partial charge in [0.25, 0.3) is 0 Å². The second-order valence-corrected chi connectivity index (χ2v) is 2.79. The fourth-order valence-electron chi connectivity index (χ4n) is 0.694. The van der Waals surface area contributed by atoms with Gasteiger partial charge in [-0.15, -0.1) is 0 Å². The van der Waals surface area contributed by atoms with Gasteiger partial charge in [0.15, 0.2) is 5.83 Å². The van der Waals surface area contributed by atoms with Crippen molar-refractivity contribution in [2.75, 3.05) is 0 Å². The Morgan fingerprint density at radius 2 is 1.47 bits per heavy atom. The molecule has 0 amide bonds. The molecule has 0 radical (unpaired) electrons. The smallest absolute Gasteiger partial charge is 0.314 e. The van der Waals surface area contributed by atoms with Gasteiger partial charge in [-0.3, -0.25) is 4.57 Å². The van der Waals surface area contributed by atoms with Gasteiger partial charge in [-0.25, -0.2) is 4.39 Å². The lowest BCUT2D eigenvalue weighted by molar-refractivity contribution is 0.405. The Morgan fingerprint density at radius 1 is 1.07 bits per heavy atom. The molecule has 0 aliphatic carbocycles. The van der Waals surface area contributed by atoms with E-state index < -0.39 is 20.2 Å². The highest BCUT2D eigenvalue weighted by Crippen LogP contribution is 2.20. The molecular weight excluding hydrogens is 232 g/mol. The van der Waals surface area contributed by atoms with E-state index in [1.165, 1.54) is 24.3 Å². The zero-order chi connectivity index (χ0) is 11.8. The molecule has 7 heteroatoms. The summed E-state index contributed by atoms with van der Waals surface area (Å²) < 4.78 is 44.4. The van der Waals surface area contributed by atoms with Crippen molar-refractivity contribution in [2.24, 2.45) is 0 Å². The normalized spacial score (nSPS) is 9.20. The number of benzene rings is 1. The van der Waals surface area contributed by atoms with Crippen LogP contribution in [0.3, 0.4) is 0 Å². The minimum atomic E-state index is -3.13. The second kappa shape index (κ2) is 7.23. The summed E-state index contributed by atoms with van der Waals surface area (Å²) in [6.07, 6.45) is -2.28. The van der Waals surface area contributed by atoms with Crippen molar-refractivity contribution in [3.8, 4) is 0 Å². The van der Waals surface area contributed by atoms with Crippen LogP contribution in [0, 0.1) is 0 Å². The van der Waals surface area contributed by atoms with Crippen molar-refractivity contribution in [1.82, 2.24) is 0 Å². The molecule has 0 aliphatic heterocycles. The van der Waals surface area contributed by atoms with Crippen LogP contribution in [-0.2, 0) is 4.57 Å². The Bertz CT molecular complexity index is 345. The van der Waals surface area contributed by atoms with Gasteiger partial charge in [-0.2, -0.15) is 8.78 Å². The fraction of sp³-hybridized carbons (Fsp3) is 0. The molecule has 2 N–H and O–H groups in total. The zero-order valence-electron chi connectivity index (χ0n) is 7.32. The topological polar surface area (TPSA) is 57.5 Å². The first-order valence-corrected chi connectivity index (χ1v) is 4.93. The van der Waals surface area contributed by atoms with Crippen LogP contribution in [0.4, 0.5) is 13.2 Å². The first-order valence-electron chi connectivity index (χ1n) is 3.63. The van der Waals surface area contributed by atoms with Crippen LogP contribution in [-0.4, -0.2) is 9.79 Å². The predicted octanol–water partition coefficient (Wildman–Crippen LogP) is 2.58. The number of hydrogen-bond donors (Lipinski definition) is 2. The Hall–Kier alpha value is -1.10. The molecule has 15 heavy (non-hydrogen) atoms. The molecule has 0 heterocycles. The monoisotopic (exact) mass is 240 g/mol. The van der Waals surface area contributed by atoms with Gasteiger partial charge in [-0.1, -0.05) is 30.3 Å². The molecule has 1 rings (SSSR count). The van der Waals surface area contributed by atoms with E-state index in [1.54, 1.807) is 6.07 Å². The lowest BCUT2D eigenvalue weighted by Gasteiger charge is -1.93. The lowest BCUT2D eigenvalue weighted by atomic mass is 10.2. The minimum absolute atomic E-state index is 0.0903. The van der Waals surface area contributed by atoms with Crippen molar-refractivity contribution in [2.45, 2.75) is 0 Å². The molecule has 3 nitrogen and oxygen atoms in total. The average molecular weight is 240 g/mol. The Balaban J connectivity index is 0.000000423. The van der Waals surface area contributed by atoms with Crippen molar-refractivity contribution in [1.29, 1.82) is 0 Å². The summed E-state index contributed by atoms with van der Waals surface area (Å²) in [6.45, 7) is 0. The molecule has 1 aromatic carbocycles. The van der Waals surface area contributed by atoms with Crippen LogP contribution in [0.2, 0.25) is 0 Å². The van der Waals surface area contributed by atoms with Gasteiger partial charge in [0.2, 0.25) is 0 Å². The molecule has 0 bridgehead atoms. The molecule has 0 aromatic heterocycles. The van der Waals surface area contributed by atoms with Gasteiger partial charge in [0, 0.05) is 5.56 Å². The maximum Gasteiger partial charge on any atom is 0.314 e. The van der Waals surface area contributed by atoms with Crippen LogP contribution in [0.25, 0.3) is 5.83 Å². The van der Waals surface area contributed by atoms with Crippen LogP contribution in [0.5, 0.6) is 0 Å². The highest BCUT2D eigenvalue weighted by Gasteiger charge is 2.05. The first kappa shape index (κ1) is 13.9. The van der Waals surface area contributed by atoms with Gasteiger partial charge in [0.1, 0.15) is 0 Å². The largest absolute Gasteiger partial charge is 0.326 e. The molecule has 84 valence electrons. The van der Waals surface area contributed by atoms with E-state index >= 15 is 0 Å². The molecule has 1 aromatic rings. The molecule has 0 atom stereocenters. The zero-order valence-corrected chi connectivity index (χ0v) is 8.32. The maximum atomic E-state index is 12.4. The summed E-state index contributed by atoms with van der Waals surface area (Å²) in [5.41, 5.74) is -0.0903. The SMILES string of the molecule is FC(F)=C(F)c1ccccc1.O=[PH](O)O. The fourth-order valence-corrected chi connectivity index (χ4v) is 0.694. The maximum absolute atomic E-state index is 12.4. The third-order valence-electron chi connectivity index (χ3n) is 1.19. The van der Waals surface area contributed by atoms with Gasteiger partial charge < -0.3 is 9.79 Å². The van der Waals surface area contributed by atoms with E-state index in [9.17, 15) is 13.2 Å². The van der Waals surface area contributed by atoms with Crippen LogP contribution >= 0.6 is 8.25 Å². The van der Waals surface area contributed by atoms with E-state index in [4.69, 9.17) is 14.4 Å². The van der Waals surface area contributed by atoms with Crippen molar-refractivity contribution in [3.63, 3.8) is 0 Å². The Kier molecular flexibility index (Phi) is 6.70. The Labute approximate surface area is 84.4 Å². The van der Waals surface area contributed by atoms with E-state index in [0.717, 1.165) is 0 Å². The van der Waals surface area contributed by atoms with E-state index in [-0.39, 0.29) is 5.56 Å². The summed E-state index contributed by atoms with van der Waals surface area (Å²) >= 11 is 0. The van der Waals surface area contributed by atoms with E-state index in [0.29, 0.717) is 0 Å². The molecule has 0 aliphatic rings. The van der Waals surface area contributed by atoms with Crippen LogP contribution in [0.15, 0.2) is 36.4 Å². The molecule has 0 fully saturated rings. The molecule has 0 unspecified atom stereocenters. The quantitative estimate of drug-likeness (QED) is 0.741. The predicted molar refractivity (Wildman–Crippen MR) is 50.1 cm³/mol. The summed E-state index contributed by atoms with van der Waals surface area (Å²) in [4.78, 5) is 14.3. The van der Waals surface area contributed by atoms with Crippen molar-refractivity contribution >= 4 is 14.1 Å². The summed E-state index contributed by atoms with van der Waals surface area (Å²) in [5.74, 6) is -1.45. The van der Waals surface area contributed by atoms with E-state index in [2.05, 4.69) is 0 Å². The standard InChI is InChI=1S/C8H5F3.H3O3P/c9-7(8(10)11)6-4-2-1-3-5-6;1-4(2)3/h1-5H;4H,(H2,1,2,3). The molecule has 0 spiro atoms. The van der Waals surface area contributed by atoms with Crippen LogP contribution < -0.4 is 0 Å². The number of halogens is 3. The molecular formula is C8H8F3O3P. The highest BCUT2D eigenvalue weighted by atomic mass is 31.1. The third kappa shape index (κ3) is 6.90. The van der Waals surface area contributed by atoms with Gasteiger partial charge in [-0.05, 0) is 0 Å². The minimum Gasteiger partial charge on any atom is -0.326 e. The molecule has 0 saturated heterocycles. The van der Waals surface area contributed by atoms with Crippen LogP contribution in [0.1, 0.15) is 5.56 Å². The first-order chi connectivity index (χ1) is 6.95. The lowest BCUT2D eigenvalue weighted by Crippen LogP contribution is -1.76. The number of rotatable bonds is 1. The summed E-state index contributed by atoms with van der Waals surface area (Å²) in [5, 5.41) is 0. The third-order valence-corrected chi connectivity index (χ3v) is 1.19. The van der Waals surface area contributed by atoms with E-state index in [1.807, 2.05) is 0 Å². The van der Waals surface area contributed by atoms with Gasteiger partial charge in [0.05, 0.1) is 0 Å². The van der Waals surface area contributed by atoms with Gasteiger partial charge >= 0.3 is 14.3 Å². The van der Waals surface area contributed by atoms with Crippen molar-refractivity contribution in [3.05, 3.63) is 42.0 Å². The van der Waals surface area contributed by atoms with Crippen molar-refractivity contribution < 1.29 is 27.5 Å². The molecule has 0 saturated carbocycles. The highest BCUT2D eigenvalue weighted by molar-refractivity contribution is 7.30. The number of hydrogen-bond acceptors (Lipinski definition) is 1.